The summed E-state index contributed by atoms with van der Waals surface area (Å²) in [6, 6.07) is 0. The summed E-state index contributed by atoms with van der Waals surface area (Å²) in [5, 5.41) is 1.47. The Hall–Kier alpha value is 1.74. The van der Waals surface area contributed by atoms with Crippen molar-refractivity contribution in [2.45, 2.75) is 19.5 Å². The number of halogens is 4. The zero-order valence-electron chi connectivity index (χ0n) is 7.37. The molecule has 0 spiro atoms. The van der Waals surface area contributed by atoms with Crippen molar-refractivity contribution in [3.63, 3.8) is 0 Å². The number of hydrogen-bond donors (Lipinski definition) is 0. The van der Waals surface area contributed by atoms with Gasteiger partial charge in [-0.25, -0.2) is 0 Å². The van der Waals surface area contributed by atoms with Gasteiger partial charge in [-0.15, -0.1) is 0 Å². The van der Waals surface area contributed by atoms with E-state index in [4.69, 9.17) is 11.1 Å². The Bertz CT molecular complexity index is 207. The monoisotopic (exact) mass is 352 g/mol. The SMILES string of the molecule is C[Si](C)(Cl)C1=[C]([Zr+3])CC=C1.[Cl-].[Cl-].[Cl-]. The van der Waals surface area contributed by atoms with E-state index in [2.05, 4.69) is 25.2 Å². The Morgan fingerprint density at radius 3 is 1.92 bits per heavy atom. The normalized spacial score (nSPS) is 14.5. The summed E-state index contributed by atoms with van der Waals surface area (Å²) in [4.78, 5) is 0. The van der Waals surface area contributed by atoms with Crippen LogP contribution in [0.5, 0.6) is 0 Å². The quantitative estimate of drug-likeness (QED) is 0.324. The molecule has 74 valence electrons. The summed E-state index contributed by atoms with van der Waals surface area (Å²) in [6.07, 6.45) is 5.58. The van der Waals surface area contributed by atoms with Gasteiger partial charge in [0.25, 0.3) is 0 Å². The van der Waals surface area contributed by atoms with Crippen molar-refractivity contribution >= 4 is 18.5 Å². The fourth-order valence-electron chi connectivity index (χ4n) is 1.06. The molecule has 1 aliphatic rings. The van der Waals surface area contributed by atoms with Gasteiger partial charge in [0.15, 0.2) is 0 Å². The predicted molar refractivity (Wildman–Crippen MR) is 44.1 cm³/mol. The first kappa shape index (κ1) is 20.2. The summed E-state index contributed by atoms with van der Waals surface area (Å²) >= 11 is 7.81. The summed E-state index contributed by atoms with van der Waals surface area (Å²) in [5.74, 6) is 0. The van der Waals surface area contributed by atoms with Crippen LogP contribution in [0, 0.1) is 0 Å². The Balaban J connectivity index is -0.000000333. The van der Waals surface area contributed by atoms with Gasteiger partial charge >= 0.3 is 83.3 Å². The molecule has 0 amide bonds. The Kier molecular flexibility index (Phi) is 12.4. The first-order chi connectivity index (χ1) is 4.52. The molecule has 0 heterocycles. The van der Waals surface area contributed by atoms with E-state index >= 15 is 0 Å². The van der Waals surface area contributed by atoms with E-state index in [1.54, 1.807) is 3.28 Å². The first-order valence-electron chi connectivity index (χ1n) is 3.32. The maximum absolute atomic E-state index is 6.28. The van der Waals surface area contributed by atoms with Gasteiger partial charge in [-0.1, -0.05) is 0 Å². The van der Waals surface area contributed by atoms with E-state index in [0.29, 0.717) is 0 Å². The van der Waals surface area contributed by atoms with Crippen LogP contribution in [0.25, 0.3) is 0 Å². The van der Waals surface area contributed by atoms with Crippen LogP contribution in [0.4, 0.5) is 0 Å². The molecule has 0 radical (unpaired) electrons. The van der Waals surface area contributed by atoms with Crippen molar-refractivity contribution in [2.24, 2.45) is 0 Å². The summed E-state index contributed by atoms with van der Waals surface area (Å²) < 4.78 is 1.55. The molecule has 0 atom stereocenters. The summed E-state index contributed by atoms with van der Waals surface area (Å²) in [5.41, 5.74) is 0. The van der Waals surface area contributed by atoms with Crippen LogP contribution in [0.15, 0.2) is 20.6 Å². The molecule has 0 aromatic rings. The second kappa shape index (κ2) is 7.96. The zero-order chi connectivity index (χ0) is 7.78. The molecule has 0 saturated heterocycles. The third-order valence-electron chi connectivity index (χ3n) is 1.57. The predicted octanol–water partition coefficient (Wildman–Crippen LogP) is -6.26. The number of rotatable bonds is 1. The molecule has 0 aromatic heterocycles. The second-order valence-corrected chi connectivity index (χ2v) is 10.8. The zero-order valence-corrected chi connectivity index (χ0v) is 13.9. The fourth-order valence-corrected chi connectivity index (χ4v) is 6.31. The molecular weight excluding hydrogens is 345 g/mol. The van der Waals surface area contributed by atoms with Crippen LogP contribution in [-0.4, -0.2) is 7.38 Å². The molecule has 0 N–H and O–H groups in total. The molecule has 1 rings (SSSR count). The van der Waals surface area contributed by atoms with Gasteiger partial charge in [0.2, 0.25) is 0 Å². The molecular formula is C7H10Cl4SiZr. The molecule has 0 aromatic carbocycles. The summed E-state index contributed by atoms with van der Waals surface area (Å²) in [6.45, 7) is 4.37. The molecule has 1 aliphatic carbocycles. The molecule has 6 heteroatoms. The fraction of sp³-hybridized carbons (Fsp3) is 0.429. The molecule has 0 unspecified atom stereocenters. The minimum atomic E-state index is -1.50. The van der Waals surface area contributed by atoms with Gasteiger partial charge in [-0.05, 0) is 0 Å². The van der Waals surface area contributed by atoms with Crippen molar-refractivity contribution in [1.29, 1.82) is 0 Å². The molecule has 0 aliphatic heterocycles. The smallest absolute Gasteiger partial charge is 1.00 e. The van der Waals surface area contributed by atoms with Crippen molar-refractivity contribution < 1.29 is 61.9 Å². The van der Waals surface area contributed by atoms with Gasteiger partial charge in [0, 0.05) is 0 Å². The van der Waals surface area contributed by atoms with Crippen molar-refractivity contribution in [2.75, 3.05) is 0 Å². The number of hydrogen-bond acceptors (Lipinski definition) is 0. The van der Waals surface area contributed by atoms with Gasteiger partial charge < -0.3 is 37.2 Å². The molecule has 13 heavy (non-hydrogen) atoms. The number of allylic oxidation sites excluding steroid dienone is 4. The van der Waals surface area contributed by atoms with Crippen molar-refractivity contribution in [1.82, 2.24) is 0 Å². The van der Waals surface area contributed by atoms with E-state index in [9.17, 15) is 0 Å². The van der Waals surface area contributed by atoms with Gasteiger partial charge in [-0.3, -0.25) is 0 Å². The van der Waals surface area contributed by atoms with Crippen LogP contribution >= 0.6 is 11.1 Å². The maximum atomic E-state index is 6.28. The van der Waals surface area contributed by atoms with E-state index in [0.717, 1.165) is 6.42 Å². The van der Waals surface area contributed by atoms with E-state index in [1.165, 1.54) is 29.9 Å². The largest absolute Gasteiger partial charge is 1.00 e. The molecule has 0 fully saturated rings. The molecule has 0 saturated carbocycles. The van der Waals surface area contributed by atoms with Crippen LogP contribution in [0.2, 0.25) is 13.1 Å². The van der Waals surface area contributed by atoms with E-state index in [1.807, 2.05) is 0 Å². The summed E-state index contributed by atoms with van der Waals surface area (Å²) in [7, 11) is -1.50. The third kappa shape index (κ3) is 6.02. The van der Waals surface area contributed by atoms with E-state index < -0.39 is 7.38 Å². The third-order valence-corrected chi connectivity index (χ3v) is 5.71. The Morgan fingerprint density at radius 1 is 1.31 bits per heavy atom. The average molecular weight is 355 g/mol. The molecule has 0 nitrogen and oxygen atoms in total. The topological polar surface area (TPSA) is 0 Å². The minimum absolute atomic E-state index is 0. The van der Waals surface area contributed by atoms with Crippen molar-refractivity contribution in [3.8, 4) is 0 Å². The minimum Gasteiger partial charge on any atom is -1.00 e. The average Bonchev–Trinajstić information content (AvgIpc) is 2.11. The van der Waals surface area contributed by atoms with Crippen LogP contribution in [0.3, 0.4) is 0 Å². The van der Waals surface area contributed by atoms with Crippen LogP contribution in [0.1, 0.15) is 6.42 Å². The standard InChI is InChI=1S/C7H10ClSi.3ClH.Zr/c1-9(2,8)7-5-3-4-6-7;;;;/h3,5H,4H2,1-2H3;3*1H;/q;;;;+3/p-3. The van der Waals surface area contributed by atoms with Crippen LogP contribution < -0.4 is 37.2 Å². The van der Waals surface area contributed by atoms with Crippen LogP contribution in [-0.2, 0) is 24.7 Å². The van der Waals surface area contributed by atoms with Crippen molar-refractivity contribution in [3.05, 3.63) is 20.6 Å². The molecule has 0 bridgehead atoms. The Labute approximate surface area is 119 Å². The maximum Gasteiger partial charge on any atom is -1.00 e. The van der Waals surface area contributed by atoms with Gasteiger partial charge in [0.05, 0.1) is 0 Å². The first-order valence-corrected chi connectivity index (χ1v) is 8.56. The van der Waals surface area contributed by atoms with Gasteiger partial charge in [0.1, 0.15) is 0 Å². The van der Waals surface area contributed by atoms with Gasteiger partial charge in [-0.2, -0.15) is 0 Å². The van der Waals surface area contributed by atoms with E-state index in [-0.39, 0.29) is 37.2 Å². The second-order valence-electron chi connectivity index (χ2n) is 2.97. The Morgan fingerprint density at radius 2 is 1.77 bits per heavy atom.